The lowest BCUT2D eigenvalue weighted by Gasteiger charge is -2.12. The lowest BCUT2D eigenvalue weighted by atomic mass is 10.1. The van der Waals surface area contributed by atoms with E-state index in [9.17, 15) is 13.6 Å². The number of ether oxygens (including phenoxy) is 3. The van der Waals surface area contributed by atoms with Crippen LogP contribution in [-0.4, -0.2) is 19.2 Å². The number of alkyl halides is 2. The second-order valence-electron chi connectivity index (χ2n) is 4.82. The molecule has 0 unspecified atom stereocenters. The van der Waals surface area contributed by atoms with Crippen LogP contribution in [0.4, 0.5) is 8.78 Å². The summed E-state index contributed by atoms with van der Waals surface area (Å²) >= 11 is 0. The minimum absolute atomic E-state index is 0.0228. The smallest absolute Gasteiger partial charge is 0.387 e. The molecule has 0 aromatic heterocycles. The predicted molar refractivity (Wildman–Crippen MR) is 84.5 cm³/mol. The molecule has 130 valence electrons. The van der Waals surface area contributed by atoms with E-state index in [0.717, 1.165) is 0 Å². The van der Waals surface area contributed by atoms with Gasteiger partial charge in [0, 0.05) is 5.56 Å². The van der Waals surface area contributed by atoms with E-state index < -0.39 is 12.6 Å². The van der Waals surface area contributed by atoms with E-state index in [2.05, 4.69) is 4.74 Å². The summed E-state index contributed by atoms with van der Waals surface area (Å²) in [5, 5.41) is 9.02. The van der Waals surface area contributed by atoms with Crippen LogP contribution in [0.15, 0.2) is 42.5 Å². The highest BCUT2D eigenvalue weighted by Gasteiger charge is 2.16. The summed E-state index contributed by atoms with van der Waals surface area (Å²) in [5.41, 5.74) is 1.10. The van der Waals surface area contributed by atoms with Gasteiger partial charge in [0.25, 0.3) is 0 Å². The molecule has 0 aliphatic carbocycles. The molecular formula is C18H15F2NO4. The maximum atomic E-state index is 12.4. The maximum Gasteiger partial charge on any atom is 0.387 e. The van der Waals surface area contributed by atoms with Crippen LogP contribution in [0.25, 0.3) is 0 Å². The SMILES string of the molecule is CCOc1cc(C(=O)OCc2ccccc2C#N)ccc1OC(F)F. The molecule has 0 amide bonds. The number of nitrogens with zero attached hydrogens (tertiary/aromatic N) is 1. The Hall–Kier alpha value is -3.14. The highest BCUT2D eigenvalue weighted by molar-refractivity contribution is 5.90. The van der Waals surface area contributed by atoms with Crippen molar-refractivity contribution in [2.75, 3.05) is 6.61 Å². The molecule has 0 saturated carbocycles. The Morgan fingerprint density at radius 1 is 1.20 bits per heavy atom. The molecule has 0 saturated heterocycles. The van der Waals surface area contributed by atoms with Crippen molar-refractivity contribution in [1.82, 2.24) is 0 Å². The molecule has 2 aromatic carbocycles. The quantitative estimate of drug-likeness (QED) is 0.710. The van der Waals surface area contributed by atoms with Gasteiger partial charge in [0.15, 0.2) is 11.5 Å². The summed E-state index contributed by atoms with van der Waals surface area (Å²) in [5.74, 6) is -0.810. The van der Waals surface area contributed by atoms with Crippen molar-refractivity contribution in [3.63, 3.8) is 0 Å². The number of halogens is 2. The minimum Gasteiger partial charge on any atom is -0.490 e. The highest BCUT2D eigenvalue weighted by Crippen LogP contribution is 2.30. The number of carbonyl (C=O) groups is 1. The summed E-state index contributed by atoms with van der Waals surface area (Å²) in [6, 6.07) is 12.5. The van der Waals surface area contributed by atoms with Crippen molar-refractivity contribution in [3.05, 3.63) is 59.2 Å². The molecule has 0 heterocycles. The zero-order valence-corrected chi connectivity index (χ0v) is 13.4. The van der Waals surface area contributed by atoms with Crippen LogP contribution in [0.1, 0.15) is 28.4 Å². The summed E-state index contributed by atoms with van der Waals surface area (Å²) in [6.45, 7) is -1.19. The van der Waals surface area contributed by atoms with E-state index in [1.54, 1.807) is 31.2 Å². The van der Waals surface area contributed by atoms with Gasteiger partial charge < -0.3 is 14.2 Å². The van der Waals surface area contributed by atoms with Crippen molar-refractivity contribution < 1.29 is 27.8 Å². The van der Waals surface area contributed by atoms with Crippen molar-refractivity contribution in [2.45, 2.75) is 20.1 Å². The number of hydrogen-bond acceptors (Lipinski definition) is 5. The summed E-state index contributed by atoms with van der Waals surface area (Å²) in [4.78, 5) is 12.2. The van der Waals surface area contributed by atoms with Crippen LogP contribution in [0.3, 0.4) is 0 Å². The zero-order chi connectivity index (χ0) is 18.2. The molecule has 0 fully saturated rings. The first-order valence-electron chi connectivity index (χ1n) is 7.42. The number of carbonyl (C=O) groups excluding carboxylic acids is 1. The fourth-order valence-corrected chi connectivity index (χ4v) is 2.08. The third kappa shape index (κ3) is 4.91. The number of benzene rings is 2. The molecule has 2 aromatic rings. The van der Waals surface area contributed by atoms with Crippen LogP contribution in [0.5, 0.6) is 11.5 Å². The van der Waals surface area contributed by atoms with Crippen LogP contribution in [-0.2, 0) is 11.3 Å². The third-order valence-corrected chi connectivity index (χ3v) is 3.19. The Kier molecular flexibility index (Phi) is 6.29. The van der Waals surface area contributed by atoms with Crippen molar-refractivity contribution in [1.29, 1.82) is 5.26 Å². The summed E-state index contributed by atoms with van der Waals surface area (Å²) < 4.78 is 39.5. The number of hydrogen-bond donors (Lipinski definition) is 0. The molecule has 0 radical (unpaired) electrons. The third-order valence-electron chi connectivity index (χ3n) is 3.19. The lowest BCUT2D eigenvalue weighted by Crippen LogP contribution is -2.08. The van der Waals surface area contributed by atoms with Gasteiger partial charge in [-0.2, -0.15) is 14.0 Å². The molecule has 0 N–H and O–H groups in total. The predicted octanol–water partition coefficient (Wildman–Crippen LogP) is 3.92. The van der Waals surface area contributed by atoms with E-state index in [1.807, 2.05) is 6.07 Å². The van der Waals surface area contributed by atoms with Gasteiger partial charge in [0.2, 0.25) is 0 Å². The Balaban J connectivity index is 2.13. The molecule has 5 nitrogen and oxygen atoms in total. The van der Waals surface area contributed by atoms with Gasteiger partial charge in [-0.15, -0.1) is 0 Å². The molecule has 0 aliphatic heterocycles. The normalized spacial score (nSPS) is 10.2. The van der Waals surface area contributed by atoms with Crippen LogP contribution < -0.4 is 9.47 Å². The fourth-order valence-electron chi connectivity index (χ4n) is 2.08. The Morgan fingerprint density at radius 3 is 2.64 bits per heavy atom. The van der Waals surface area contributed by atoms with Gasteiger partial charge in [0.1, 0.15) is 6.61 Å². The van der Waals surface area contributed by atoms with E-state index in [0.29, 0.717) is 11.1 Å². The standard InChI is InChI=1S/C18H15F2NO4/c1-2-23-16-9-12(7-8-15(16)25-18(19)20)17(22)24-11-14-6-4-3-5-13(14)10-21/h3-9,18H,2,11H2,1H3. The number of esters is 1. The van der Waals surface area contributed by atoms with Gasteiger partial charge in [-0.3, -0.25) is 0 Å². The lowest BCUT2D eigenvalue weighted by molar-refractivity contribution is -0.0514. The summed E-state index contributed by atoms with van der Waals surface area (Å²) in [7, 11) is 0. The van der Waals surface area contributed by atoms with E-state index >= 15 is 0 Å². The summed E-state index contributed by atoms with van der Waals surface area (Å²) in [6.07, 6.45) is 0. The highest BCUT2D eigenvalue weighted by atomic mass is 19.3. The van der Waals surface area contributed by atoms with Gasteiger partial charge in [-0.05, 0) is 31.2 Å². The molecule has 25 heavy (non-hydrogen) atoms. The monoisotopic (exact) mass is 347 g/mol. The Bertz CT molecular complexity index is 787. The molecule has 0 atom stereocenters. The van der Waals surface area contributed by atoms with Gasteiger partial charge in [-0.25, -0.2) is 4.79 Å². The minimum atomic E-state index is -3.00. The first-order chi connectivity index (χ1) is 12.0. The van der Waals surface area contributed by atoms with E-state index in [4.69, 9.17) is 14.7 Å². The first kappa shape index (κ1) is 18.2. The zero-order valence-electron chi connectivity index (χ0n) is 13.4. The second kappa shape index (κ2) is 8.64. The average Bonchev–Trinajstić information content (AvgIpc) is 2.61. The van der Waals surface area contributed by atoms with Crippen LogP contribution in [0, 0.1) is 11.3 Å². The van der Waals surface area contributed by atoms with E-state index in [1.165, 1.54) is 18.2 Å². The number of nitriles is 1. The Morgan fingerprint density at radius 2 is 1.96 bits per heavy atom. The maximum absolute atomic E-state index is 12.4. The van der Waals surface area contributed by atoms with Gasteiger partial charge >= 0.3 is 12.6 Å². The van der Waals surface area contributed by atoms with Crippen molar-refractivity contribution >= 4 is 5.97 Å². The molecule has 0 bridgehead atoms. The van der Waals surface area contributed by atoms with Gasteiger partial charge in [-0.1, -0.05) is 18.2 Å². The van der Waals surface area contributed by atoms with Crippen molar-refractivity contribution in [2.24, 2.45) is 0 Å². The van der Waals surface area contributed by atoms with Crippen LogP contribution >= 0.6 is 0 Å². The molecule has 0 aliphatic rings. The fraction of sp³-hybridized carbons (Fsp3) is 0.222. The molecule has 7 heteroatoms. The molecule has 2 rings (SSSR count). The topological polar surface area (TPSA) is 68.5 Å². The van der Waals surface area contributed by atoms with Gasteiger partial charge in [0.05, 0.1) is 23.8 Å². The first-order valence-corrected chi connectivity index (χ1v) is 7.42. The van der Waals surface area contributed by atoms with E-state index in [-0.39, 0.29) is 30.3 Å². The average molecular weight is 347 g/mol. The molecule has 0 spiro atoms. The van der Waals surface area contributed by atoms with Crippen molar-refractivity contribution in [3.8, 4) is 17.6 Å². The molecular weight excluding hydrogens is 332 g/mol. The number of rotatable bonds is 7. The van der Waals surface area contributed by atoms with Crippen LogP contribution in [0.2, 0.25) is 0 Å². The largest absolute Gasteiger partial charge is 0.490 e. The second-order valence-corrected chi connectivity index (χ2v) is 4.82. The Labute approximate surface area is 143 Å².